The first kappa shape index (κ1) is 13.2. The van der Waals surface area contributed by atoms with Gasteiger partial charge in [-0.3, -0.25) is 9.59 Å². The molecule has 2 rings (SSSR count). The Morgan fingerprint density at radius 2 is 1.94 bits per heavy atom. The van der Waals surface area contributed by atoms with E-state index in [0.29, 0.717) is 17.8 Å². The maximum absolute atomic E-state index is 11.8. The molecule has 0 saturated heterocycles. The lowest BCUT2D eigenvalue weighted by atomic mass is 10.1. The fourth-order valence-electron chi connectivity index (χ4n) is 2.05. The van der Waals surface area contributed by atoms with Gasteiger partial charge in [-0.05, 0) is 37.5 Å². The number of nitrogens with zero attached hydrogens (tertiary/aromatic N) is 1. The van der Waals surface area contributed by atoms with Crippen molar-refractivity contribution in [1.29, 1.82) is 0 Å². The zero-order valence-electron chi connectivity index (χ0n) is 9.86. The standard InChI is InChI=1S/C13H14BrNO3/c14-9-4-5-11-10(8-9)12(17)13(18)15(11)6-2-1-3-7-16/h4-5,8,16H,1-3,6-7H2. The largest absolute Gasteiger partial charge is 0.396 e. The molecule has 5 heteroatoms. The highest BCUT2D eigenvalue weighted by atomic mass is 79.9. The molecule has 0 spiro atoms. The summed E-state index contributed by atoms with van der Waals surface area (Å²) in [7, 11) is 0. The van der Waals surface area contributed by atoms with E-state index in [4.69, 9.17) is 5.11 Å². The van der Waals surface area contributed by atoms with Crippen molar-refractivity contribution in [2.75, 3.05) is 18.1 Å². The van der Waals surface area contributed by atoms with Crippen molar-refractivity contribution in [3.63, 3.8) is 0 Å². The van der Waals surface area contributed by atoms with Gasteiger partial charge < -0.3 is 10.0 Å². The number of carbonyl (C=O) groups excluding carboxylic acids is 2. The number of rotatable bonds is 5. The molecule has 1 aromatic carbocycles. The molecule has 1 aromatic rings. The average molecular weight is 312 g/mol. The number of aliphatic hydroxyl groups excluding tert-OH is 1. The third-order valence-electron chi connectivity index (χ3n) is 2.97. The molecule has 4 nitrogen and oxygen atoms in total. The van der Waals surface area contributed by atoms with Crippen molar-refractivity contribution in [1.82, 2.24) is 0 Å². The van der Waals surface area contributed by atoms with E-state index in [-0.39, 0.29) is 6.61 Å². The van der Waals surface area contributed by atoms with Crippen molar-refractivity contribution in [3.8, 4) is 0 Å². The summed E-state index contributed by atoms with van der Waals surface area (Å²) in [6.07, 6.45) is 2.36. The van der Waals surface area contributed by atoms with E-state index in [0.717, 1.165) is 23.7 Å². The summed E-state index contributed by atoms with van der Waals surface area (Å²) < 4.78 is 0.796. The minimum Gasteiger partial charge on any atom is -0.396 e. The number of hydrogen-bond acceptors (Lipinski definition) is 3. The molecule has 1 amide bonds. The van der Waals surface area contributed by atoms with Crippen molar-refractivity contribution >= 4 is 33.3 Å². The number of fused-ring (bicyclic) bond motifs is 1. The van der Waals surface area contributed by atoms with Gasteiger partial charge in [0, 0.05) is 17.6 Å². The van der Waals surface area contributed by atoms with Crippen LogP contribution in [0.15, 0.2) is 22.7 Å². The molecule has 0 saturated carbocycles. The van der Waals surface area contributed by atoms with E-state index in [1.165, 1.54) is 4.90 Å². The van der Waals surface area contributed by atoms with Gasteiger partial charge in [-0.25, -0.2) is 0 Å². The zero-order valence-corrected chi connectivity index (χ0v) is 11.4. The minimum atomic E-state index is -0.452. The molecule has 1 heterocycles. The van der Waals surface area contributed by atoms with Crippen LogP contribution in [0.3, 0.4) is 0 Å². The molecule has 0 bridgehead atoms. The van der Waals surface area contributed by atoms with Gasteiger partial charge in [0.05, 0.1) is 11.3 Å². The normalized spacial score (nSPS) is 14.2. The quantitative estimate of drug-likeness (QED) is 0.669. The highest BCUT2D eigenvalue weighted by Crippen LogP contribution is 2.31. The number of halogens is 1. The summed E-state index contributed by atoms with van der Waals surface area (Å²) in [6.45, 7) is 0.690. The van der Waals surface area contributed by atoms with Crippen LogP contribution in [0.2, 0.25) is 0 Å². The van der Waals surface area contributed by atoms with Gasteiger partial charge >= 0.3 is 0 Å². The maximum Gasteiger partial charge on any atom is 0.299 e. The first-order valence-corrected chi connectivity index (χ1v) is 6.71. The Bertz CT molecular complexity index is 487. The van der Waals surface area contributed by atoms with E-state index in [1.807, 2.05) is 6.07 Å². The second-order valence-electron chi connectivity index (χ2n) is 4.23. The fraction of sp³-hybridized carbons (Fsp3) is 0.385. The number of aliphatic hydroxyl groups is 1. The molecule has 0 radical (unpaired) electrons. The molecule has 0 aliphatic carbocycles. The first-order valence-electron chi connectivity index (χ1n) is 5.91. The lowest BCUT2D eigenvalue weighted by Crippen LogP contribution is -2.30. The monoisotopic (exact) mass is 311 g/mol. The van der Waals surface area contributed by atoms with E-state index in [1.54, 1.807) is 12.1 Å². The summed E-state index contributed by atoms with van der Waals surface area (Å²) in [5, 5.41) is 8.70. The van der Waals surface area contributed by atoms with Gasteiger partial charge in [-0.15, -0.1) is 0 Å². The van der Waals surface area contributed by atoms with Gasteiger partial charge in [-0.2, -0.15) is 0 Å². The van der Waals surface area contributed by atoms with Crippen LogP contribution >= 0.6 is 15.9 Å². The Balaban J connectivity index is 2.13. The van der Waals surface area contributed by atoms with Gasteiger partial charge in [0.25, 0.3) is 11.7 Å². The van der Waals surface area contributed by atoms with Crippen molar-refractivity contribution in [2.24, 2.45) is 0 Å². The number of amides is 1. The molecular formula is C13H14BrNO3. The molecule has 0 unspecified atom stereocenters. The molecular weight excluding hydrogens is 298 g/mol. The number of carbonyl (C=O) groups is 2. The van der Waals surface area contributed by atoms with Gasteiger partial charge in [0.2, 0.25) is 0 Å². The van der Waals surface area contributed by atoms with Crippen molar-refractivity contribution in [3.05, 3.63) is 28.2 Å². The molecule has 1 N–H and O–H groups in total. The molecule has 1 aliphatic heterocycles. The summed E-state index contributed by atoms with van der Waals surface area (Å²) >= 11 is 3.30. The molecule has 18 heavy (non-hydrogen) atoms. The predicted octanol–water partition coefficient (Wildman–Crippen LogP) is 2.14. The summed E-state index contributed by atoms with van der Waals surface area (Å²) in [4.78, 5) is 25.2. The molecule has 1 aliphatic rings. The van der Waals surface area contributed by atoms with E-state index in [2.05, 4.69) is 15.9 Å². The third kappa shape index (κ3) is 2.47. The van der Waals surface area contributed by atoms with Gasteiger partial charge in [0.15, 0.2) is 0 Å². The minimum absolute atomic E-state index is 0.163. The number of anilines is 1. The Kier molecular flexibility index (Phi) is 4.14. The Morgan fingerprint density at radius 3 is 2.67 bits per heavy atom. The summed E-state index contributed by atoms with van der Waals surface area (Å²) in [5.74, 6) is -0.888. The van der Waals surface area contributed by atoms with Gasteiger partial charge in [0.1, 0.15) is 0 Å². The van der Waals surface area contributed by atoms with Gasteiger partial charge in [-0.1, -0.05) is 15.9 Å². The summed E-state index contributed by atoms with van der Waals surface area (Å²) in [6, 6.07) is 5.29. The van der Waals surface area contributed by atoms with E-state index >= 15 is 0 Å². The van der Waals surface area contributed by atoms with Crippen LogP contribution in [0, 0.1) is 0 Å². The van der Waals surface area contributed by atoms with E-state index < -0.39 is 11.7 Å². The van der Waals surface area contributed by atoms with Crippen molar-refractivity contribution < 1.29 is 14.7 Å². The number of ketones is 1. The lowest BCUT2D eigenvalue weighted by Gasteiger charge is -2.16. The van der Waals surface area contributed by atoms with E-state index in [9.17, 15) is 9.59 Å². The molecule has 0 fully saturated rings. The highest BCUT2D eigenvalue weighted by molar-refractivity contribution is 9.10. The molecule has 0 atom stereocenters. The number of Topliss-reactive ketones (excluding diaryl/α,β-unsaturated/α-hetero) is 1. The van der Waals surface area contributed by atoms with Crippen LogP contribution in [-0.2, 0) is 4.79 Å². The second-order valence-corrected chi connectivity index (χ2v) is 5.15. The van der Waals surface area contributed by atoms with Crippen LogP contribution < -0.4 is 4.90 Å². The number of unbranched alkanes of at least 4 members (excludes halogenated alkanes) is 2. The number of benzene rings is 1. The maximum atomic E-state index is 11.8. The van der Waals surface area contributed by atoms with Crippen LogP contribution in [-0.4, -0.2) is 29.9 Å². The molecule has 0 aromatic heterocycles. The third-order valence-corrected chi connectivity index (χ3v) is 3.47. The lowest BCUT2D eigenvalue weighted by molar-refractivity contribution is -0.114. The predicted molar refractivity (Wildman–Crippen MR) is 71.8 cm³/mol. The average Bonchev–Trinajstić information content (AvgIpc) is 2.59. The summed E-state index contributed by atoms with van der Waals surface area (Å²) in [5.41, 5.74) is 1.16. The molecule has 96 valence electrons. The van der Waals surface area contributed by atoms with Crippen molar-refractivity contribution in [2.45, 2.75) is 19.3 Å². The topological polar surface area (TPSA) is 57.6 Å². The Hall–Kier alpha value is -1.20. The smallest absolute Gasteiger partial charge is 0.299 e. The fourth-order valence-corrected chi connectivity index (χ4v) is 2.41. The first-order chi connectivity index (χ1) is 8.65. The van der Waals surface area contributed by atoms with Crippen LogP contribution in [0.4, 0.5) is 5.69 Å². The SMILES string of the molecule is O=C1C(=O)N(CCCCCO)c2ccc(Br)cc21. The number of hydrogen-bond donors (Lipinski definition) is 1. The zero-order chi connectivity index (χ0) is 13.1. The highest BCUT2D eigenvalue weighted by Gasteiger charge is 2.35. The Labute approximate surface area is 114 Å². The second kappa shape index (κ2) is 5.63. The van der Waals surface area contributed by atoms with Crippen LogP contribution in [0.5, 0.6) is 0 Å². The van der Waals surface area contributed by atoms with Crippen LogP contribution in [0.1, 0.15) is 29.6 Å². The van der Waals surface area contributed by atoms with Crippen LogP contribution in [0.25, 0.3) is 0 Å². The Morgan fingerprint density at radius 1 is 1.17 bits per heavy atom.